The fourth-order valence-corrected chi connectivity index (χ4v) is 3.76. The Balaban J connectivity index is 1.63. The molecule has 23 heavy (non-hydrogen) atoms. The maximum atomic E-state index is 12.3. The SMILES string of the molecule is O=C(NS(=O)(=O)CCc1ccccn1)C1CCCc2cncn21. The number of carbonyl (C=O) groups excluding carboxylic acids is 1. The fourth-order valence-electron chi connectivity index (χ4n) is 2.74. The Labute approximate surface area is 134 Å². The van der Waals surface area contributed by atoms with Gasteiger partial charge < -0.3 is 4.57 Å². The van der Waals surface area contributed by atoms with Gasteiger partial charge in [-0.3, -0.25) is 14.5 Å². The highest BCUT2D eigenvalue weighted by Gasteiger charge is 2.28. The number of fused-ring (bicyclic) bond motifs is 1. The molecule has 2 aromatic rings. The third-order valence-electron chi connectivity index (χ3n) is 3.90. The van der Waals surface area contributed by atoms with Gasteiger partial charge in [0, 0.05) is 30.2 Å². The van der Waals surface area contributed by atoms with E-state index in [1.54, 1.807) is 41.5 Å². The molecule has 0 fully saturated rings. The molecule has 0 radical (unpaired) electrons. The van der Waals surface area contributed by atoms with Gasteiger partial charge in [0.25, 0.3) is 5.91 Å². The Morgan fingerprint density at radius 2 is 2.26 bits per heavy atom. The van der Waals surface area contributed by atoms with Crippen molar-refractivity contribution < 1.29 is 13.2 Å². The van der Waals surface area contributed by atoms with Crippen LogP contribution in [0, 0.1) is 0 Å². The first kappa shape index (κ1) is 15.7. The molecule has 0 spiro atoms. The van der Waals surface area contributed by atoms with E-state index in [4.69, 9.17) is 0 Å². The topological polar surface area (TPSA) is 93.9 Å². The number of aromatic nitrogens is 3. The van der Waals surface area contributed by atoms with Gasteiger partial charge in [0.15, 0.2) is 0 Å². The number of carbonyl (C=O) groups is 1. The average molecular weight is 334 g/mol. The third-order valence-corrected chi connectivity index (χ3v) is 5.16. The minimum atomic E-state index is -3.69. The maximum absolute atomic E-state index is 12.3. The molecule has 1 aliphatic rings. The Morgan fingerprint density at radius 1 is 1.39 bits per heavy atom. The Morgan fingerprint density at radius 3 is 3.04 bits per heavy atom. The number of amides is 1. The smallest absolute Gasteiger partial charge is 0.256 e. The molecule has 0 aromatic carbocycles. The van der Waals surface area contributed by atoms with Crippen LogP contribution in [-0.4, -0.2) is 34.6 Å². The molecule has 1 unspecified atom stereocenters. The predicted octanol–water partition coefficient (Wildman–Crippen LogP) is 0.844. The zero-order valence-electron chi connectivity index (χ0n) is 12.6. The van der Waals surface area contributed by atoms with Gasteiger partial charge in [-0.05, 0) is 31.4 Å². The highest BCUT2D eigenvalue weighted by Crippen LogP contribution is 2.24. The van der Waals surface area contributed by atoms with Gasteiger partial charge >= 0.3 is 0 Å². The quantitative estimate of drug-likeness (QED) is 0.874. The van der Waals surface area contributed by atoms with E-state index in [9.17, 15) is 13.2 Å². The van der Waals surface area contributed by atoms with Gasteiger partial charge in [0.2, 0.25) is 10.0 Å². The van der Waals surface area contributed by atoms with Crippen LogP contribution in [0.1, 0.15) is 30.3 Å². The van der Waals surface area contributed by atoms with Crippen LogP contribution in [0.5, 0.6) is 0 Å². The molecule has 3 rings (SSSR count). The van der Waals surface area contributed by atoms with Crippen molar-refractivity contribution in [3.8, 4) is 0 Å². The highest BCUT2D eigenvalue weighted by atomic mass is 32.2. The predicted molar refractivity (Wildman–Crippen MR) is 84.1 cm³/mol. The van der Waals surface area contributed by atoms with Crippen LogP contribution >= 0.6 is 0 Å². The largest absolute Gasteiger partial charge is 0.322 e. The first-order valence-electron chi connectivity index (χ1n) is 7.50. The second-order valence-electron chi connectivity index (χ2n) is 5.56. The molecule has 0 saturated carbocycles. The van der Waals surface area contributed by atoms with E-state index in [1.807, 2.05) is 0 Å². The lowest BCUT2D eigenvalue weighted by Gasteiger charge is -2.24. The Hall–Kier alpha value is -2.22. The van der Waals surface area contributed by atoms with E-state index >= 15 is 0 Å². The number of aryl methyl sites for hydroxylation is 2. The monoisotopic (exact) mass is 334 g/mol. The summed E-state index contributed by atoms with van der Waals surface area (Å²) in [5, 5.41) is 0. The molecule has 8 heteroatoms. The molecule has 122 valence electrons. The van der Waals surface area contributed by atoms with Crippen molar-refractivity contribution in [3.63, 3.8) is 0 Å². The van der Waals surface area contributed by atoms with Crippen LogP contribution in [0.15, 0.2) is 36.9 Å². The maximum Gasteiger partial charge on any atom is 0.256 e. The molecule has 0 saturated heterocycles. The van der Waals surface area contributed by atoms with Crippen LogP contribution in [0.25, 0.3) is 0 Å². The number of rotatable bonds is 5. The summed E-state index contributed by atoms with van der Waals surface area (Å²) in [5.41, 5.74) is 1.64. The van der Waals surface area contributed by atoms with E-state index in [2.05, 4.69) is 14.7 Å². The van der Waals surface area contributed by atoms with Crippen molar-refractivity contribution in [2.75, 3.05) is 5.75 Å². The number of imidazole rings is 1. The standard InChI is InChI=1S/C15H18N4O3S/c20-15(14-6-3-5-13-10-16-11-19(13)14)18-23(21,22)9-7-12-4-1-2-8-17-12/h1-2,4,8,10-11,14H,3,5-7,9H2,(H,18,20). The summed E-state index contributed by atoms with van der Waals surface area (Å²) >= 11 is 0. The number of sulfonamides is 1. The van der Waals surface area contributed by atoms with E-state index in [0.717, 1.165) is 18.5 Å². The lowest BCUT2D eigenvalue weighted by Crippen LogP contribution is -2.39. The summed E-state index contributed by atoms with van der Waals surface area (Å²) < 4.78 is 28.2. The van der Waals surface area contributed by atoms with Crippen molar-refractivity contribution >= 4 is 15.9 Å². The van der Waals surface area contributed by atoms with Crippen LogP contribution in [0.3, 0.4) is 0 Å². The van der Waals surface area contributed by atoms with E-state index in [0.29, 0.717) is 12.1 Å². The van der Waals surface area contributed by atoms with Crippen molar-refractivity contribution in [1.29, 1.82) is 0 Å². The van der Waals surface area contributed by atoms with Crippen molar-refractivity contribution in [2.24, 2.45) is 0 Å². The molecule has 1 atom stereocenters. The van der Waals surface area contributed by atoms with Gasteiger partial charge in [-0.15, -0.1) is 0 Å². The summed E-state index contributed by atoms with van der Waals surface area (Å²) in [6, 6.07) is 4.82. The van der Waals surface area contributed by atoms with E-state index < -0.39 is 22.0 Å². The van der Waals surface area contributed by atoms with Gasteiger partial charge in [-0.1, -0.05) is 6.07 Å². The van der Waals surface area contributed by atoms with Crippen LogP contribution < -0.4 is 4.72 Å². The number of pyridine rings is 1. The summed E-state index contributed by atoms with van der Waals surface area (Å²) in [4.78, 5) is 20.4. The van der Waals surface area contributed by atoms with E-state index in [-0.39, 0.29) is 12.2 Å². The first-order valence-corrected chi connectivity index (χ1v) is 9.15. The van der Waals surface area contributed by atoms with Gasteiger partial charge in [0.1, 0.15) is 6.04 Å². The molecule has 2 aromatic heterocycles. The van der Waals surface area contributed by atoms with Crippen molar-refractivity contribution in [2.45, 2.75) is 31.7 Å². The summed E-state index contributed by atoms with van der Waals surface area (Å²) in [6.07, 6.45) is 7.50. The first-order chi connectivity index (χ1) is 11.1. The fraction of sp³-hybridized carbons (Fsp3) is 0.400. The Bertz CT molecular complexity index is 786. The lowest BCUT2D eigenvalue weighted by atomic mass is 10.0. The molecular formula is C15H18N4O3S. The summed E-state index contributed by atoms with van der Waals surface area (Å²) in [7, 11) is -3.69. The Kier molecular flexibility index (Phi) is 4.42. The minimum Gasteiger partial charge on any atom is -0.322 e. The third kappa shape index (κ3) is 3.76. The number of hydrogen-bond donors (Lipinski definition) is 1. The molecule has 1 aliphatic heterocycles. The molecule has 3 heterocycles. The van der Waals surface area contributed by atoms with Gasteiger partial charge in [-0.25, -0.2) is 13.4 Å². The highest BCUT2D eigenvalue weighted by molar-refractivity contribution is 7.90. The molecular weight excluding hydrogens is 316 g/mol. The van der Waals surface area contributed by atoms with Crippen molar-refractivity contribution in [1.82, 2.24) is 19.3 Å². The summed E-state index contributed by atoms with van der Waals surface area (Å²) in [5.74, 6) is -0.663. The zero-order chi connectivity index (χ0) is 16.3. The van der Waals surface area contributed by atoms with Crippen LogP contribution in [-0.2, 0) is 27.7 Å². The summed E-state index contributed by atoms with van der Waals surface area (Å²) in [6.45, 7) is 0. The molecule has 0 aliphatic carbocycles. The molecule has 1 N–H and O–H groups in total. The molecule has 7 nitrogen and oxygen atoms in total. The zero-order valence-corrected chi connectivity index (χ0v) is 13.4. The second-order valence-corrected chi connectivity index (χ2v) is 7.40. The van der Waals surface area contributed by atoms with Crippen molar-refractivity contribution in [3.05, 3.63) is 48.3 Å². The lowest BCUT2D eigenvalue weighted by molar-refractivity contribution is -0.123. The van der Waals surface area contributed by atoms with Crippen LogP contribution in [0.2, 0.25) is 0 Å². The second kappa shape index (κ2) is 6.49. The minimum absolute atomic E-state index is 0.167. The van der Waals surface area contributed by atoms with E-state index in [1.165, 1.54) is 0 Å². The number of nitrogens with zero attached hydrogens (tertiary/aromatic N) is 3. The molecule has 0 bridgehead atoms. The number of nitrogens with one attached hydrogen (secondary N) is 1. The molecule has 1 amide bonds. The average Bonchev–Trinajstić information content (AvgIpc) is 3.02. The number of hydrogen-bond acceptors (Lipinski definition) is 5. The normalized spacial score (nSPS) is 17.5. The van der Waals surface area contributed by atoms with Gasteiger partial charge in [0.05, 0.1) is 12.1 Å². The van der Waals surface area contributed by atoms with Crippen LogP contribution in [0.4, 0.5) is 0 Å². The van der Waals surface area contributed by atoms with Gasteiger partial charge in [-0.2, -0.15) is 0 Å².